The summed E-state index contributed by atoms with van der Waals surface area (Å²) in [6, 6.07) is 7.71. The number of rotatable bonds is 5. The van der Waals surface area contributed by atoms with Crippen LogP contribution in [0.1, 0.15) is 49.7 Å². The third kappa shape index (κ3) is 4.37. The van der Waals surface area contributed by atoms with Crippen molar-refractivity contribution in [1.29, 1.82) is 0 Å². The lowest BCUT2D eigenvalue weighted by molar-refractivity contribution is -0.724. The topological polar surface area (TPSA) is 66.3 Å². The Balaban J connectivity index is 1.78. The summed E-state index contributed by atoms with van der Waals surface area (Å²) < 4.78 is 0. The maximum absolute atomic E-state index is 11.6. The van der Waals surface area contributed by atoms with Gasteiger partial charge in [0.1, 0.15) is 0 Å². The molecule has 108 valence electrons. The lowest BCUT2D eigenvalue weighted by Gasteiger charge is -2.05. The number of hydrogen-bond donors (Lipinski definition) is 2. The van der Waals surface area contributed by atoms with Crippen molar-refractivity contribution in [2.75, 3.05) is 0 Å². The maximum Gasteiger partial charge on any atom is 0.357 e. The number of amidine groups is 1. The highest BCUT2D eigenvalue weighted by Gasteiger charge is 2.17. The summed E-state index contributed by atoms with van der Waals surface area (Å²) in [5, 5.41) is 2.54. The monoisotopic (exact) mass is 275 g/mol. The third-order valence-corrected chi connectivity index (χ3v) is 3.87. The Bertz CT molecular complexity index is 474. The fourth-order valence-electron chi connectivity index (χ4n) is 2.58. The van der Waals surface area contributed by atoms with Crippen molar-refractivity contribution in [3.05, 3.63) is 35.4 Å². The quantitative estimate of drug-likeness (QED) is 0.367. The molecule has 2 rings (SSSR count). The van der Waals surface area contributed by atoms with Crippen LogP contribution in [-0.2, 0) is 9.63 Å². The van der Waals surface area contributed by atoms with E-state index in [2.05, 4.69) is 5.16 Å². The molecule has 1 saturated carbocycles. The van der Waals surface area contributed by atoms with E-state index in [1.807, 2.05) is 31.2 Å². The number of benzene rings is 1. The zero-order chi connectivity index (χ0) is 14.4. The van der Waals surface area contributed by atoms with Gasteiger partial charge in [0, 0.05) is 0 Å². The van der Waals surface area contributed by atoms with E-state index in [1.54, 1.807) is 0 Å². The van der Waals surface area contributed by atoms with Crippen LogP contribution < -0.4 is 10.9 Å². The van der Waals surface area contributed by atoms with Crippen molar-refractivity contribution in [2.24, 2.45) is 11.7 Å². The van der Waals surface area contributed by atoms with Gasteiger partial charge in [0.15, 0.2) is 0 Å². The van der Waals surface area contributed by atoms with Crippen LogP contribution in [0.25, 0.3) is 0 Å². The van der Waals surface area contributed by atoms with Crippen molar-refractivity contribution in [3.8, 4) is 0 Å². The van der Waals surface area contributed by atoms with Gasteiger partial charge in [-0.15, -0.1) is 0 Å². The molecule has 0 heterocycles. The zero-order valence-corrected chi connectivity index (χ0v) is 12.0. The van der Waals surface area contributed by atoms with E-state index in [0.29, 0.717) is 18.2 Å². The van der Waals surface area contributed by atoms with Crippen LogP contribution in [0.5, 0.6) is 0 Å². The number of carbonyl (C=O) groups is 1. The Labute approximate surface area is 120 Å². The van der Waals surface area contributed by atoms with Crippen LogP contribution in [0.3, 0.4) is 0 Å². The minimum absolute atomic E-state index is 0.244. The molecular formula is C16H23N2O2+. The molecule has 3 N–H and O–H groups in total. The molecule has 4 heteroatoms. The average molecular weight is 275 g/mol. The Morgan fingerprint density at radius 2 is 1.95 bits per heavy atom. The van der Waals surface area contributed by atoms with Crippen molar-refractivity contribution in [2.45, 2.75) is 45.4 Å². The SMILES string of the molecule is Cc1ccc(C(N)=[NH+]OC(=O)CCC2CCCC2)cc1. The largest absolute Gasteiger partial charge is 0.357 e. The first-order valence-electron chi connectivity index (χ1n) is 7.30. The summed E-state index contributed by atoms with van der Waals surface area (Å²) >= 11 is 0. The highest BCUT2D eigenvalue weighted by atomic mass is 16.7. The van der Waals surface area contributed by atoms with Gasteiger partial charge < -0.3 is 0 Å². The molecule has 0 saturated heterocycles. The first-order chi connectivity index (χ1) is 9.65. The molecule has 0 aromatic heterocycles. The Morgan fingerprint density at radius 3 is 2.60 bits per heavy atom. The number of carbonyl (C=O) groups excluding carboxylic acids is 1. The van der Waals surface area contributed by atoms with Crippen LogP contribution in [0.2, 0.25) is 0 Å². The molecule has 0 amide bonds. The van der Waals surface area contributed by atoms with Crippen molar-refractivity contribution >= 4 is 11.8 Å². The summed E-state index contributed by atoms with van der Waals surface area (Å²) in [6.45, 7) is 2.01. The highest BCUT2D eigenvalue weighted by Crippen LogP contribution is 2.28. The van der Waals surface area contributed by atoms with Gasteiger partial charge >= 0.3 is 11.8 Å². The number of nitrogens with one attached hydrogen (secondary N) is 1. The Morgan fingerprint density at radius 1 is 1.30 bits per heavy atom. The van der Waals surface area contributed by atoms with Gasteiger partial charge in [-0.2, -0.15) is 0 Å². The van der Waals surface area contributed by atoms with Gasteiger partial charge in [-0.1, -0.05) is 48.5 Å². The van der Waals surface area contributed by atoms with Crippen molar-refractivity contribution in [3.63, 3.8) is 0 Å². The van der Waals surface area contributed by atoms with E-state index in [9.17, 15) is 4.79 Å². The molecule has 20 heavy (non-hydrogen) atoms. The van der Waals surface area contributed by atoms with Gasteiger partial charge in [0.2, 0.25) is 0 Å². The molecule has 4 nitrogen and oxygen atoms in total. The third-order valence-electron chi connectivity index (χ3n) is 3.87. The number of nitrogen functional groups attached to an aromatic ring is 1. The van der Waals surface area contributed by atoms with Gasteiger partial charge in [-0.25, -0.2) is 4.79 Å². The highest BCUT2D eigenvalue weighted by molar-refractivity contribution is 5.92. The average Bonchev–Trinajstić information content (AvgIpc) is 2.96. The summed E-state index contributed by atoms with van der Waals surface area (Å²) in [5.74, 6) is 0.812. The standard InChI is InChI=1S/C16H22N2O2/c1-12-6-9-14(10-7-12)16(17)18-20-15(19)11-8-13-4-2-3-5-13/h6-7,9-10,13H,2-5,8,11H2,1H3,(H2,17,18)/p+1. The summed E-state index contributed by atoms with van der Waals surface area (Å²) in [6.07, 6.45) is 6.47. The van der Waals surface area contributed by atoms with E-state index in [4.69, 9.17) is 10.6 Å². The molecular weight excluding hydrogens is 252 g/mol. The molecule has 0 aliphatic heterocycles. The second kappa shape index (κ2) is 7.08. The molecule has 0 radical (unpaired) electrons. The number of nitrogens with two attached hydrogens (primary N) is 1. The molecule has 1 fully saturated rings. The van der Waals surface area contributed by atoms with E-state index in [0.717, 1.165) is 17.5 Å². The van der Waals surface area contributed by atoms with Crippen LogP contribution >= 0.6 is 0 Å². The van der Waals surface area contributed by atoms with Crippen molar-refractivity contribution < 1.29 is 14.8 Å². The molecule has 0 unspecified atom stereocenters. The normalized spacial score (nSPS) is 16.4. The second-order valence-corrected chi connectivity index (χ2v) is 5.54. The van der Waals surface area contributed by atoms with Gasteiger partial charge in [0.25, 0.3) is 0 Å². The summed E-state index contributed by atoms with van der Waals surface area (Å²) in [7, 11) is 0. The molecule has 0 bridgehead atoms. The predicted octanol–water partition coefficient (Wildman–Crippen LogP) is 1.21. The van der Waals surface area contributed by atoms with E-state index < -0.39 is 0 Å². The second-order valence-electron chi connectivity index (χ2n) is 5.54. The molecule has 1 aliphatic rings. The maximum atomic E-state index is 11.6. The fourth-order valence-corrected chi connectivity index (χ4v) is 2.58. The first kappa shape index (κ1) is 14.6. The van der Waals surface area contributed by atoms with Crippen LogP contribution in [0.4, 0.5) is 0 Å². The van der Waals surface area contributed by atoms with Gasteiger partial charge in [-0.3, -0.25) is 10.6 Å². The number of aryl methyl sites for hydroxylation is 1. The summed E-state index contributed by atoms with van der Waals surface area (Å²) in [4.78, 5) is 16.6. The number of hydrogen-bond acceptors (Lipinski definition) is 2. The van der Waals surface area contributed by atoms with E-state index in [-0.39, 0.29) is 5.97 Å². The van der Waals surface area contributed by atoms with Crippen LogP contribution in [0.15, 0.2) is 24.3 Å². The van der Waals surface area contributed by atoms with Gasteiger partial charge in [0.05, 0.1) is 12.0 Å². The van der Waals surface area contributed by atoms with Crippen LogP contribution in [0, 0.1) is 12.8 Å². The minimum Gasteiger partial charge on any atom is -0.284 e. The first-order valence-corrected chi connectivity index (χ1v) is 7.30. The summed E-state index contributed by atoms with van der Waals surface area (Å²) in [5.41, 5.74) is 7.82. The lowest BCUT2D eigenvalue weighted by atomic mass is 10.0. The zero-order valence-electron chi connectivity index (χ0n) is 12.0. The molecule has 1 aromatic rings. The molecule has 0 atom stereocenters. The smallest absolute Gasteiger partial charge is 0.284 e. The Hall–Kier alpha value is -1.84. The lowest BCUT2D eigenvalue weighted by Crippen LogP contribution is -2.75. The Kier molecular flexibility index (Phi) is 5.16. The van der Waals surface area contributed by atoms with Crippen molar-refractivity contribution in [1.82, 2.24) is 0 Å². The fraction of sp³-hybridized carbons (Fsp3) is 0.500. The van der Waals surface area contributed by atoms with E-state index in [1.165, 1.54) is 25.7 Å². The molecule has 1 aromatic carbocycles. The van der Waals surface area contributed by atoms with Gasteiger partial charge in [-0.05, 0) is 31.4 Å². The minimum atomic E-state index is -0.244. The molecule has 1 aliphatic carbocycles. The molecule has 0 spiro atoms. The van der Waals surface area contributed by atoms with Crippen LogP contribution in [-0.4, -0.2) is 11.8 Å². The predicted molar refractivity (Wildman–Crippen MR) is 77.7 cm³/mol. The van der Waals surface area contributed by atoms with E-state index >= 15 is 0 Å².